The van der Waals surface area contributed by atoms with E-state index in [1.807, 2.05) is 0 Å². The van der Waals surface area contributed by atoms with Crippen molar-refractivity contribution in [2.45, 2.75) is 69.6 Å². The summed E-state index contributed by atoms with van der Waals surface area (Å²) in [7, 11) is 0. The first-order chi connectivity index (χ1) is 15.6. The van der Waals surface area contributed by atoms with Crippen LogP contribution in [0.1, 0.15) is 45.4 Å². The smallest absolute Gasteiger partial charge is 0.326 e. The summed E-state index contributed by atoms with van der Waals surface area (Å²) in [5.41, 5.74) is 5.51. The molecule has 0 saturated carbocycles. The van der Waals surface area contributed by atoms with Crippen molar-refractivity contribution >= 4 is 29.7 Å². The Bertz CT molecular complexity index is 704. The van der Waals surface area contributed by atoms with Gasteiger partial charge in [-0.05, 0) is 38.6 Å². The van der Waals surface area contributed by atoms with Crippen molar-refractivity contribution in [2.24, 2.45) is 5.73 Å². The summed E-state index contributed by atoms with van der Waals surface area (Å²) < 4.78 is 0. The Morgan fingerprint density at radius 1 is 1.09 bits per heavy atom. The van der Waals surface area contributed by atoms with Crippen molar-refractivity contribution in [1.29, 1.82) is 0 Å². The molecule has 0 spiro atoms. The van der Waals surface area contributed by atoms with Crippen LogP contribution >= 0.6 is 0 Å². The fraction of sp³-hybridized carbons (Fsp3) is 0.750. The highest BCUT2D eigenvalue weighted by molar-refractivity contribution is 5.93. The lowest BCUT2D eigenvalue weighted by atomic mass is 10.1. The van der Waals surface area contributed by atoms with Gasteiger partial charge in [-0.25, -0.2) is 4.79 Å². The van der Waals surface area contributed by atoms with E-state index in [2.05, 4.69) is 16.0 Å². The minimum Gasteiger partial charge on any atom is -0.481 e. The number of nitrogens with one attached hydrogen (secondary N) is 3. The van der Waals surface area contributed by atoms with Crippen LogP contribution in [0, 0.1) is 0 Å². The highest BCUT2D eigenvalue weighted by Crippen LogP contribution is 2.20. The number of aliphatic hydroxyl groups excluding tert-OH is 1. The van der Waals surface area contributed by atoms with Gasteiger partial charge in [-0.15, -0.1) is 0 Å². The topological polar surface area (TPSA) is 211 Å². The third-order valence-corrected chi connectivity index (χ3v) is 5.32. The number of carbonyl (C=O) groups is 5. The van der Waals surface area contributed by atoms with Gasteiger partial charge in [-0.1, -0.05) is 0 Å². The number of aliphatic hydroxyl groups is 1. The van der Waals surface area contributed by atoms with E-state index in [0.29, 0.717) is 32.2 Å². The molecule has 1 aliphatic rings. The first-order valence-electron chi connectivity index (χ1n) is 11.0. The van der Waals surface area contributed by atoms with Gasteiger partial charge in [-0.3, -0.25) is 19.2 Å². The van der Waals surface area contributed by atoms with Crippen LogP contribution in [0.25, 0.3) is 0 Å². The van der Waals surface area contributed by atoms with Crippen LogP contribution < -0.4 is 21.7 Å². The molecule has 1 heterocycles. The Hall–Kier alpha value is -2.77. The number of amides is 3. The van der Waals surface area contributed by atoms with E-state index < -0.39 is 66.9 Å². The maximum absolute atomic E-state index is 13.1. The van der Waals surface area contributed by atoms with Crippen LogP contribution in [0.15, 0.2) is 0 Å². The highest BCUT2D eigenvalue weighted by Gasteiger charge is 2.38. The lowest BCUT2D eigenvalue weighted by Crippen LogP contribution is -2.56. The van der Waals surface area contributed by atoms with Crippen molar-refractivity contribution < 1.29 is 39.3 Å². The fourth-order valence-corrected chi connectivity index (χ4v) is 3.68. The molecule has 0 bridgehead atoms. The molecule has 4 atom stereocenters. The lowest BCUT2D eigenvalue weighted by molar-refractivity contribution is -0.149. The molecule has 13 heteroatoms. The maximum atomic E-state index is 13.1. The molecule has 1 unspecified atom stereocenters. The lowest BCUT2D eigenvalue weighted by Gasteiger charge is -2.29. The van der Waals surface area contributed by atoms with E-state index in [4.69, 9.17) is 5.73 Å². The van der Waals surface area contributed by atoms with Crippen LogP contribution in [-0.2, 0) is 24.0 Å². The van der Waals surface area contributed by atoms with Gasteiger partial charge in [0.2, 0.25) is 17.7 Å². The fourth-order valence-electron chi connectivity index (χ4n) is 3.68. The molecular formula is C20H35N5O8. The molecule has 1 saturated heterocycles. The normalized spacial score (nSPS) is 18.3. The van der Waals surface area contributed by atoms with Crippen LogP contribution in [0.5, 0.6) is 0 Å². The second kappa shape index (κ2) is 14.4. The van der Waals surface area contributed by atoms with Crippen LogP contribution in [0.4, 0.5) is 0 Å². The van der Waals surface area contributed by atoms with Crippen LogP contribution in [-0.4, -0.2) is 100 Å². The van der Waals surface area contributed by atoms with Gasteiger partial charge in [-0.2, -0.15) is 0 Å². The van der Waals surface area contributed by atoms with Crippen molar-refractivity contribution in [1.82, 2.24) is 20.9 Å². The Balaban J connectivity index is 2.94. The predicted octanol–water partition coefficient (Wildman–Crippen LogP) is -2.39. The number of nitrogens with two attached hydrogens (primary N) is 1. The second-order valence-electron chi connectivity index (χ2n) is 8.01. The van der Waals surface area contributed by atoms with Crippen molar-refractivity contribution in [3.8, 4) is 0 Å². The molecule has 1 rings (SSSR count). The molecule has 13 nitrogen and oxygen atoms in total. The molecule has 33 heavy (non-hydrogen) atoms. The number of carboxylic acids is 2. The van der Waals surface area contributed by atoms with Gasteiger partial charge < -0.3 is 41.9 Å². The van der Waals surface area contributed by atoms with E-state index in [9.17, 15) is 39.3 Å². The van der Waals surface area contributed by atoms with Crippen LogP contribution in [0.2, 0.25) is 0 Å². The van der Waals surface area contributed by atoms with Gasteiger partial charge in [0.05, 0.1) is 25.1 Å². The zero-order valence-electron chi connectivity index (χ0n) is 18.8. The summed E-state index contributed by atoms with van der Waals surface area (Å²) in [4.78, 5) is 61.1. The van der Waals surface area contributed by atoms with E-state index in [0.717, 1.165) is 0 Å². The monoisotopic (exact) mass is 473 g/mol. The number of rotatable bonds is 15. The van der Waals surface area contributed by atoms with Gasteiger partial charge in [0.1, 0.15) is 12.1 Å². The second-order valence-corrected chi connectivity index (χ2v) is 8.01. The number of unbranched alkanes of at least 4 members (excludes halogenated alkanes) is 1. The van der Waals surface area contributed by atoms with Gasteiger partial charge in [0, 0.05) is 20.0 Å². The van der Waals surface area contributed by atoms with Crippen molar-refractivity contribution in [3.63, 3.8) is 0 Å². The summed E-state index contributed by atoms with van der Waals surface area (Å²) in [6.07, 6.45) is 1.56. The summed E-state index contributed by atoms with van der Waals surface area (Å²) in [5, 5.41) is 35.7. The van der Waals surface area contributed by atoms with Crippen LogP contribution in [0.3, 0.4) is 0 Å². The SMILES string of the molecule is CC(=O)NC(CO)CN[C@@H](CC(=O)O)C(=O)N[C@@H](CCCCN)C(=O)N1CCC[C@H]1C(=O)O. The third kappa shape index (κ3) is 9.72. The summed E-state index contributed by atoms with van der Waals surface area (Å²) in [6.45, 7) is 1.38. The molecule has 0 aromatic rings. The average Bonchev–Trinajstić information content (AvgIpc) is 3.24. The van der Waals surface area contributed by atoms with E-state index >= 15 is 0 Å². The van der Waals surface area contributed by atoms with E-state index in [1.165, 1.54) is 11.8 Å². The summed E-state index contributed by atoms with van der Waals surface area (Å²) >= 11 is 0. The highest BCUT2D eigenvalue weighted by atomic mass is 16.4. The third-order valence-electron chi connectivity index (χ3n) is 5.32. The number of hydrogen-bond donors (Lipinski definition) is 7. The standard InChI is InChI=1S/C20H35N5O8/c1-12(27)23-13(11-26)10-22-15(9-17(28)29)18(30)24-14(5-2-3-7-21)19(31)25-8-4-6-16(25)20(32)33/h13-16,22,26H,2-11,21H2,1H3,(H,23,27)(H,24,30)(H,28,29)(H,32,33)/t13?,14-,15-,16-/m0/s1. The Kier molecular flexibility index (Phi) is 12.3. The number of carboxylic acid groups (broad SMARTS) is 2. The number of nitrogens with zero attached hydrogens (tertiary/aromatic N) is 1. The molecule has 0 radical (unpaired) electrons. The summed E-state index contributed by atoms with van der Waals surface area (Å²) in [6, 6.07) is -3.99. The Morgan fingerprint density at radius 2 is 1.79 bits per heavy atom. The number of aliphatic carboxylic acids is 2. The minimum atomic E-state index is -1.26. The Morgan fingerprint density at radius 3 is 2.33 bits per heavy atom. The molecule has 0 aliphatic carbocycles. The zero-order chi connectivity index (χ0) is 25.0. The number of likely N-dealkylation sites (tertiary alicyclic amines) is 1. The first kappa shape index (κ1) is 28.3. The first-order valence-corrected chi connectivity index (χ1v) is 11.0. The molecule has 188 valence electrons. The molecule has 1 aliphatic heterocycles. The molecular weight excluding hydrogens is 438 g/mol. The molecule has 3 amide bonds. The quantitative estimate of drug-likeness (QED) is 0.125. The average molecular weight is 474 g/mol. The number of carbonyl (C=O) groups excluding carboxylic acids is 3. The summed E-state index contributed by atoms with van der Waals surface area (Å²) in [5.74, 6) is -4.08. The number of hydrogen-bond acceptors (Lipinski definition) is 8. The maximum Gasteiger partial charge on any atom is 0.326 e. The van der Waals surface area contributed by atoms with E-state index in [-0.39, 0.29) is 19.5 Å². The van der Waals surface area contributed by atoms with E-state index in [1.54, 1.807) is 0 Å². The molecule has 1 fully saturated rings. The van der Waals surface area contributed by atoms with Crippen molar-refractivity contribution in [2.75, 3.05) is 26.2 Å². The van der Waals surface area contributed by atoms with Crippen molar-refractivity contribution in [3.05, 3.63) is 0 Å². The molecule has 8 N–H and O–H groups in total. The zero-order valence-corrected chi connectivity index (χ0v) is 18.8. The van der Waals surface area contributed by atoms with Gasteiger partial charge >= 0.3 is 11.9 Å². The molecule has 0 aromatic carbocycles. The Labute approximate surface area is 192 Å². The largest absolute Gasteiger partial charge is 0.481 e. The minimum absolute atomic E-state index is 0.0829. The predicted molar refractivity (Wildman–Crippen MR) is 116 cm³/mol. The van der Waals surface area contributed by atoms with Gasteiger partial charge in [0.15, 0.2) is 0 Å². The molecule has 0 aromatic heterocycles. The van der Waals surface area contributed by atoms with Gasteiger partial charge in [0.25, 0.3) is 0 Å².